The number of anilines is 1. The summed E-state index contributed by atoms with van der Waals surface area (Å²) in [6.45, 7) is 0.986. The molecule has 2 heterocycles. The van der Waals surface area contributed by atoms with Crippen LogP contribution in [-0.4, -0.2) is 20.7 Å². The first-order valence-corrected chi connectivity index (χ1v) is 10.1. The van der Waals surface area contributed by atoms with Gasteiger partial charge < -0.3 is 9.88 Å². The van der Waals surface area contributed by atoms with Crippen LogP contribution in [0, 0.1) is 17.8 Å². The Morgan fingerprint density at radius 2 is 2.08 bits per heavy atom. The van der Waals surface area contributed by atoms with Gasteiger partial charge in [0.1, 0.15) is 5.82 Å². The molecule has 3 aliphatic rings. The van der Waals surface area contributed by atoms with E-state index in [1.54, 1.807) is 0 Å². The highest BCUT2D eigenvalue weighted by Gasteiger charge is 2.43. The number of hydrogen-bond acceptors (Lipinski definition) is 3. The average molecular weight is 350 g/mol. The Balaban J connectivity index is 1.36. The number of carbonyl (C=O) groups excluding carboxylic acids is 1. The zero-order valence-electron chi connectivity index (χ0n) is 15.2. The molecule has 136 valence electrons. The number of nitrogens with zero attached hydrogens (tertiary/aromatic N) is 3. The number of fused-ring (bicyclic) bond motifs is 3. The van der Waals surface area contributed by atoms with E-state index >= 15 is 0 Å². The van der Waals surface area contributed by atoms with Crippen LogP contribution >= 0.6 is 0 Å². The minimum absolute atomic E-state index is 0.203. The molecular weight excluding hydrogens is 324 g/mol. The predicted molar refractivity (Wildman–Crippen MR) is 101 cm³/mol. The molecular formula is C21H26N4O. The summed E-state index contributed by atoms with van der Waals surface area (Å²) in [5.74, 6) is 3.83. The van der Waals surface area contributed by atoms with Gasteiger partial charge in [0.2, 0.25) is 5.91 Å². The lowest BCUT2D eigenvalue weighted by molar-refractivity contribution is -0.121. The second-order valence-corrected chi connectivity index (χ2v) is 8.25. The summed E-state index contributed by atoms with van der Waals surface area (Å²) < 4.78 is 2.25. The number of carbonyl (C=O) groups is 1. The van der Waals surface area contributed by atoms with E-state index in [0.29, 0.717) is 5.92 Å². The van der Waals surface area contributed by atoms with Gasteiger partial charge in [0.25, 0.3) is 0 Å². The quantitative estimate of drug-likeness (QED) is 0.908. The molecule has 2 saturated carbocycles. The van der Waals surface area contributed by atoms with E-state index in [0.717, 1.165) is 48.2 Å². The molecule has 1 N–H and O–H groups in total. The van der Waals surface area contributed by atoms with Crippen molar-refractivity contribution in [2.24, 2.45) is 17.8 Å². The molecule has 1 aromatic heterocycles. The van der Waals surface area contributed by atoms with Gasteiger partial charge in [-0.05, 0) is 56.1 Å². The highest BCUT2D eigenvalue weighted by atomic mass is 16.1. The first-order chi connectivity index (χ1) is 12.8. The summed E-state index contributed by atoms with van der Waals surface area (Å²) in [5.41, 5.74) is 1.91. The Labute approximate surface area is 154 Å². The van der Waals surface area contributed by atoms with Gasteiger partial charge in [-0.15, -0.1) is 10.2 Å². The number of amides is 1. The summed E-state index contributed by atoms with van der Waals surface area (Å²) in [6, 6.07) is 8.10. The van der Waals surface area contributed by atoms with E-state index in [9.17, 15) is 4.79 Å². The van der Waals surface area contributed by atoms with Gasteiger partial charge in [-0.3, -0.25) is 4.79 Å². The zero-order valence-corrected chi connectivity index (χ0v) is 15.2. The minimum Gasteiger partial charge on any atom is -0.326 e. The number of rotatable bonds is 3. The molecule has 0 saturated heterocycles. The normalized spacial score (nSPS) is 27.2. The fraction of sp³-hybridized carbons (Fsp3) is 0.571. The Morgan fingerprint density at radius 3 is 2.92 bits per heavy atom. The Kier molecular flexibility index (Phi) is 4.03. The monoisotopic (exact) mass is 350 g/mol. The molecule has 3 unspecified atom stereocenters. The third-order valence-electron chi connectivity index (χ3n) is 6.57. The molecule has 5 rings (SSSR count). The van der Waals surface area contributed by atoms with Crippen molar-refractivity contribution in [3.05, 3.63) is 30.1 Å². The van der Waals surface area contributed by atoms with E-state index in [1.807, 2.05) is 18.2 Å². The highest BCUT2D eigenvalue weighted by Crippen LogP contribution is 2.48. The van der Waals surface area contributed by atoms with Crippen LogP contribution in [-0.2, 0) is 17.8 Å². The number of nitrogens with one attached hydrogen (secondary N) is 1. The molecule has 3 atom stereocenters. The molecule has 2 aromatic rings. The highest BCUT2D eigenvalue weighted by molar-refractivity contribution is 5.93. The third kappa shape index (κ3) is 2.83. The van der Waals surface area contributed by atoms with Crippen LogP contribution in [0.3, 0.4) is 0 Å². The van der Waals surface area contributed by atoms with Crippen LogP contribution in [0.4, 0.5) is 5.69 Å². The molecule has 5 nitrogen and oxygen atoms in total. The second-order valence-electron chi connectivity index (χ2n) is 8.25. The zero-order chi connectivity index (χ0) is 17.5. The van der Waals surface area contributed by atoms with Gasteiger partial charge in [-0.2, -0.15) is 0 Å². The van der Waals surface area contributed by atoms with Gasteiger partial charge in [-0.25, -0.2) is 0 Å². The van der Waals surface area contributed by atoms with Gasteiger partial charge in [-0.1, -0.05) is 25.0 Å². The molecule has 1 aromatic carbocycles. The van der Waals surface area contributed by atoms with E-state index in [1.165, 1.54) is 38.5 Å². The van der Waals surface area contributed by atoms with Crippen LogP contribution < -0.4 is 5.32 Å². The largest absolute Gasteiger partial charge is 0.326 e. The lowest BCUT2D eigenvalue weighted by Crippen LogP contribution is -2.27. The van der Waals surface area contributed by atoms with Crippen LogP contribution in [0.5, 0.6) is 0 Å². The SMILES string of the molecule is O=C(Nc1cccc(-c2nnc3n2CCCCC3)c1)C1CC2CCC1C2. The molecule has 0 radical (unpaired) electrons. The molecule has 26 heavy (non-hydrogen) atoms. The Hall–Kier alpha value is -2.17. The number of hydrogen-bond donors (Lipinski definition) is 1. The van der Waals surface area contributed by atoms with Crippen LogP contribution in [0.25, 0.3) is 11.4 Å². The lowest BCUT2D eigenvalue weighted by atomic mass is 9.88. The fourth-order valence-corrected chi connectivity index (χ4v) is 5.24. The molecule has 5 heteroatoms. The Morgan fingerprint density at radius 1 is 1.12 bits per heavy atom. The van der Waals surface area contributed by atoms with Crippen LogP contribution in [0.1, 0.15) is 50.8 Å². The maximum absolute atomic E-state index is 12.7. The predicted octanol–water partition coefficient (Wildman–Crippen LogP) is 4.05. The summed E-state index contributed by atoms with van der Waals surface area (Å²) in [5, 5.41) is 12.0. The minimum atomic E-state index is 0.203. The van der Waals surface area contributed by atoms with Crippen LogP contribution in [0.2, 0.25) is 0 Å². The summed E-state index contributed by atoms with van der Waals surface area (Å²) in [4.78, 5) is 12.7. The molecule has 1 aliphatic heterocycles. The summed E-state index contributed by atoms with van der Waals surface area (Å²) in [6.07, 6.45) is 9.51. The van der Waals surface area contributed by atoms with Crippen molar-refractivity contribution in [1.29, 1.82) is 0 Å². The topological polar surface area (TPSA) is 59.8 Å². The fourth-order valence-electron chi connectivity index (χ4n) is 5.24. The van der Waals surface area contributed by atoms with Crippen LogP contribution in [0.15, 0.2) is 24.3 Å². The molecule has 0 spiro atoms. The molecule has 1 amide bonds. The summed E-state index contributed by atoms with van der Waals surface area (Å²) >= 11 is 0. The van der Waals surface area contributed by atoms with Crippen molar-refractivity contribution in [2.75, 3.05) is 5.32 Å². The van der Waals surface area contributed by atoms with Crippen molar-refractivity contribution in [2.45, 2.75) is 57.9 Å². The van der Waals surface area contributed by atoms with Crippen molar-refractivity contribution < 1.29 is 4.79 Å². The smallest absolute Gasteiger partial charge is 0.227 e. The van der Waals surface area contributed by atoms with Gasteiger partial charge >= 0.3 is 0 Å². The van der Waals surface area contributed by atoms with Gasteiger partial charge in [0, 0.05) is 30.1 Å². The first kappa shape index (κ1) is 16.0. The summed E-state index contributed by atoms with van der Waals surface area (Å²) in [7, 11) is 0. The van der Waals surface area contributed by atoms with Crippen molar-refractivity contribution in [3.8, 4) is 11.4 Å². The maximum atomic E-state index is 12.7. The van der Waals surface area contributed by atoms with Crippen molar-refractivity contribution >= 4 is 11.6 Å². The lowest BCUT2D eigenvalue weighted by Gasteiger charge is -2.21. The van der Waals surface area contributed by atoms with E-state index < -0.39 is 0 Å². The number of aryl methyl sites for hydroxylation is 1. The van der Waals surface area contributed by atoms with Gasteiger partial charge in [0.15, 0.2) is 5.82 Å². The van der Waals surface area contributed by atoms with Gasteiger partial charge in [0.05, 0.1) is 0 Å². The molecule has 2 aliphatic carbocycles. The number of benzene rings is 1. The Bertz CT molecular complexity index is 827. The van der Waals surface area contributed by atoms with E-state index in [2.05, 4.69) is 26.1 Å². The van der Waals surface area contributed by atoms with E-state index in [-0.39, 0.29) is 11.8 Å². The maximum Gasteiger partial charge on any atom is 0.227 e. The second kappa shape index (κ2) is 6.53. The standard InChI is InChI=1S/C21H26N4O/c26-21(18-12-14-8-9-15(18)11-14)22-17-6-4-5-16(13-17)20-24-23-19-7-2-1-3-10-25(19)20/h4-6,13-15,18H,1-3,7-12H2,(H,22,26). The average Bonchev–Trinajstić information content (AvgIpc) is 3.34. The van der Waals surface area contributed by atoms with Crippen molar-refractivity contribution in [1.82, 2.24) is 14.8 Å². The van der Waals surface area contributed by atoms with E-state index in [4.69, 9.17) is 0 Å². The third-order valence-corrected chi connectivity index (χ3v) is 6.57. The first-order valence-electron chi connectivity index (χ1n) is 10.1. The number of aromatic nitrogens is 3. The molecule has 2 bridgehead atoms. The van der Waals surface area contributed by atoms with Crippen molar-refractivity contribution in [3.63, 3.8) is 0 Å². The molecule has 2 fully saturated rings.